The second kappa shape index (κ2) is 2.96. The zero-order chi connectivity index (χ0) is 8.55. The Balaban J connectivity index is 2.79. The van der Waals surface area contributed by atoms with Crippen LogP contribution in [0.1, 0.15) is 12.5 Å². The Kier molecular flexibility index (Phi) is 1.95. The maximum Gasteiger partial charge on any atom is 0.0349 e. The van der Waals surface area contributed by atoms with Crippen LogP contribution in [0, 0.1) is 0 Å². The second-order valence-corrected chi connectivity index (χ2v) is 4.23. The Hall–Kier alpha value is -0.730. The SMILES string of the molecule is CC(=S)c1csc2ccccc12. The monoisotopic (exact) mass is 192 g/mol. The number of thiophene rings is 1. The predicted octanol–water partition coefficient (Wildman–Crippen LogP) is 3.64. The van der Waals surface area contributed by atoms with Crippen LogP contribution in [0.2, 0.25) is 0 Å². The molecular weight excluding hydrogens is 184 g/mol. The van der Waals surface area contributed by atoms with Crippen LogP contribution in [-0.4, -0.2) is 4.86 Å². The molecule has 12 heavy (non-hydrogen) atoms. The molecule has 0 radical (unpaired) electrons. The second-order valence-electron chi connectivity index (χ2n) is 2.70. The van der Waals surface area contributed by atoms with E-state index in [-0.39, 0.29) is 0 Å². The Morgan fingerprint density at radius 2 is 2.08 bits per heavy atom. The van der Waals surface area contributed by atoms with Crippen LogP contribution < -0.4 is 0 Å². The van der Waals surface area contributed by atoms with Crippen molar-refractivity contribution < 1.29 is 0 Å². The zero-order valence-electron chi connectivity index (χ0n) is 6.70. The van der Waals surface area contributed by atoms with Crippen molar-refractivity contribution in [2.24, 2.45) is 0 Å². The van der Waals surface area contributed by atoms with Gasteiger partial charge in [0.15, 0.2) is 0 Å². The van der Waals surface area contributed by atoms with E-state index in [4.69, 9.17) is 12.2 Å². The highest BCUT2D eigenvalue weighted by molar-refractivity contribution is 7.80. The van der Waals surface area contributed by atoms with E-state index in [1.165, 1.54) is 15.6 Å². The molecule has 0 spiro atoms. The van der Waals surface area contributed by atoms with Crippen LogP contribution in [0.5, 0.6) is 0 Å². The van der Waals surface area contributed by atoms with Crippen molar-refractivity contribution in [1.29, 1.82) is 0 Å². The van der Waals surface area contributed by atoms with Gasteiger partial charge in [0.1, 0.15) is 0 Å². The summed E-state index contributed by atoms with van der Waals surface area (Å²) in [6, 6.07) is 8.36. The highest BCUT2D eigenvalue weighted by atomic mass is 32.1. The first-order valence-electron chi connectivity index (χ1n) is 3.76. The van der Waals surface area contributed by atoms with Crippen molar-refractivity contribution in [2.45, 2.75) is 6.92 Å². The number of hydrogen-bond donors (Lipinski definition) is 0. The van der Waals surface area contributed by atoms with E-state index in [2.05, 4.69) is 29.6 Å². The summed E-state index contributed by atoms with van der Waals surface area (Å²) in [4.78, 5) is 0.979. The molecule has 0 saturated carbocycles. The summed E-state index contributed by atoms with van der Waals surface area (Å²) in [5.41, 5.74) is 1.21. The van der Waals surface area contributed by atoms with E-state index < -0.39 is 0 Å². The molecule has 0 amide bonds. The lowest BCUT2D eigenvalue weighted by atomic mass is 10.1. The third kappa shape index (κ3) is 1.17. The smallest absolute Gasteiger partial charge is 0.0349 e. The van der Waals surface area contributed by atoms with Gasteiger partial charge in [-0.25, -0.2) is 0 Å². The molecule has 2 heteroatoms. The van der Waals surface area contributed by atoms with E-state index in [0.29, 0.717) is 0 Å². The summed E-state index contributed by atoms with van der Waals surface area (Å²) >= 11 is 6.90. The van der Waals surface area contributed by atoms with Gasteiger partial charge in [0.05, 0.1) is 0 Å². The molecule has 1 heterocycles. The molecule has 0 saturated heterocycles. The Morgan fingerprint density at radius 3 is 2.83 bits per heavy atom. The first-order valence-corrected chi connectivity index (χ1v) is 5.05. The van der Waals surface area contributed by atoms with Gasteiger partial charge in [-0.15, -0.1) is 11.3 Å². The lowest BCUT2D eigenvalue weighted by Gasteiger charge is -1.93. The Labute approximate surface area is 80.8 Å². The highest BCUT2D eigenvalue weighted by Crippen LogP contribution is 2.25. The first-order chi connectivity index (χ1) is 5.79. The molecule has 0 N–H and O–H groups in total. The number of fused-ring (bicyclic) bond motifs is 1. The molecule has 60 valence electrons. The van der Waals surface area contributed by atoms with E-state index >= 15 is 0 Å². The molecule has 0 aliphatic rings. The average Bonchev–Trinajstić information content (AvgIpc) is 2.47. The van der Waals surface area contributed by atoms with Crippen LogP contribution in [0.3, 0.4) is 0 Å². The van der Waals surface area contributed by atoms with Gasteiger partial charge in [-0.2, -0.15) is 0 Å². The predicted molar refractivity (Wildman–Crippen MR) is 59.2 cm³/mol. The molecule has 0 aliphatic carbocycles. The van der Waals surface area contributed by atoms with E-state index in [1.54, 1.807) is 11.3 Å². The molecule has 0 nitrogen and oxygen atoms in total. The molecule has 2 rings (SSSR count). The summed E-state index contributed by atoms with van der Waals surface area (Å²) in [6.07, 6.45) is 0. The van der Waals surface area contributed by atoms with Gasteiger partial charge in [0, 0.05) is 25.9 Å². The molecule has 0 unspecified atom stereocenters. The Morgan fingerprint density at radius 1 is 1.33 bits per heavy atom. The van der Waals surface area contributed by atoms with Crippen molar-refractivity contribution >= 4 is 38.5 Å². The number of thiocarbonyl (C=S) groups is 1. The number of rotatable bonds is 1. The highest BCUT2D eigenvalue weighted by Gasteiger charge is 2.03. The molecular formula is C10H8S2. The standard InChI is InChI=1S/C10H8S2/c1-7(11)9-6-12-10-5-3-2-4-8(9)10/h2-6H,1H3. The first kappa shape index (κ1) is 7.90. The maximum absolute atomic E-state index is 5.15. The maximum atomic E-state index is 5.15. The topological polar surface area (TPSA) is 0 Å². The fraction of sp³-hybridized carbons (Fsp3) is 0.100. The summed E-state index contributed by atoms with van der Waals surface area (Å²) in [6.45, 7) is 1.98. The quantitative estimate of drug-likeness (QED) is 0.491. The number of benzene rings is 1. The van der Waals surface area contributed by atoms with Gasteiger partial charge in [-0.05, 0) is 13.0 Å². The Bertz CT molecular complexity index is 426. The minimum atomic E-state index is 0.979. The van der Waals surface area contributed by atoms with Gasteiger partial charge in [-0.1, -0.05) is 30.4 Å². The third-order valence-corrected chi connectivity index (χ3v) is 3.04. The van der Waals surface area contributed by atoms with Crippen molar-refractivity contribution in [2.75, 3.05) is 0 Å². The van der Waals surface area contributed by atoms with Gasteiger partial charge in [0.2, 0.25) is 0 Å². The van der Waals surface area contributed by atoms with Crippen LogP contribution in [0.4, 0.5) is 0 Å². The lowest BCUT2D eigenvalue weighted by Crippen LogP contribution is -1.85. The average molecular weight is 192 g/mol. The van der Waals surface area contributed by atoms with Gasteiger partial charge >= 0.3 is 0 Å². The molecule has 1 aromatic carbocycles. The molecule has 0 fully saturated rings. The summed E-state index contributed by atoms with van der Waals surface area (Å²) < 4.78 is 1.32. The van der Waals surface area contributed by atoms with Crippen molar-refractivity contribution in [3.05, 3.63) is 35.2 Å². The molecule has 0 bridgehead atoms. The fourth-order valence-electron chi connectivity index (χ4n) is 1.25. The van der Waals surface area contributed by atoms with Crippen molar-refractivity contribution in [3.8, 4) is 0 Å². The van der Waals surface area contributed by atoms with Gasteiger partial charge in [-0.3, -0.25) is 0 Å². The van der Waals surface area contributed by atoms with Gasteiger partial charge in [0.25, 0.3) is 0 Å². The molecule has 0 aliphatic heterocycles. The van der Waals surface area contributed by atoms with Crippen LogP contribution in [0.25, 0.3) is 10.1 Å². The van der Waals surface area contributed by atoms with Crippen LogP contribution in [0.15, 0.2) is 29.6 Å². The van der Waals surface area contributed by atoms with E-state index in [1.807, 2.05) is 6.92 Å². The van der Waals surface area contributed by atoms with E-state index in [9.17, 15) is 0 Å². The lowest BCUT2D eigenvalue weighted by molar-refractivity contribution is 1.82. The minimum Gasteiger partial charge on any atom is -0.143 e. The molecule has 1 aromatic heterocycles. The molecule has 0 atom stereocenters. The van der Waals surface area contributed by atoms with Crippen molar-refractivity contribution in [1.82, 2.24) is 0 Å². The number of hydrogen-bond acceptors (Lipinski definition) is 2. The van der Waals surface area contributed by atoms with Gasteiger partial charge < -0.3 is 0 Å². The zero-order valence-corrected chi connectivity index (χ0v) is 8.34. The summed E-state index contributed by atoms with van der Waals surface area (Å²) in [5, 5.41) is 3.42. The summed E-state index contributed by atoms with van der Waals surface area (Å²) in [7, 11) is 0. The normalized spacial score (nSPS) is 10.4. The fourth-order valence-corrected chi connectivity index (χ4v) is 2.50. The van der Waals surface area contributed by atoms with E-state index in [0.717, 1.165) is 4.86 Å². The summed E-state index contributed by atoms with van der Waals surface area (Å²) in [5.74, 6) is 0. The van der Waals surface area contributed by atoms with Crippen LogP contribution in [-0.2, 0) is 0 Å². The minimum absolute atomic E-state index is 0.979. The third-order valence-electron chi connectivity index (χ3n) is 1.86. The van der Waals surface area contributed by atoms with Crippen molar-refractivity contribution in [3.63, 3.8) is 0 Å². The van der Waals surface area contributed by atoms with Crippen LogP contribution >= 0.6 is 23.6 Å². The molecule has 2 aromatic rings. The largest absolute Gasteiger partial charge is 0.143 e.